The summed E-state index contributed by atoms with van der Waals surface area (Å²) in [7, 11) is 0. The van der Waals surface area contributed by atoms with Gasteiger partial charge in [-0.25, -0.2) is 9.80 Å². The second kappa shape index (κ2) is 13.2. The smallest absolute Gasteiger partial charge is 0.247 e. The Balaban J connectivity index is 1.04. The van der Waals surface area contributed by atoms with Crippen molar-refractivity contribution in [3.8, 4) is 0 Å². The van der Waals surface area contributed by atoms with Crippen LogP contribution in [-0.4, -0.2) is 148 Å². The molecule has 44 heavy (non-hydrogen) atoms. The Labute approximate surface area is 258 Å². The van der Waals surface area contributed by atoms with E-state index in [1.807, 2.05) is 46.2 Å². The number of para-hydroxylation sites is 2. The van der Waals surface area contributed by atoms with Gasteiger partial charge in [0.2, 0.25) is 23.6 Å². The van der Waals surface area contributed by atoms with Gasteiger partial charge in [0.25, 0.3) is 0 Å². The number of rotatable bonds is 9. The summed E-state index contributed by atoms with van der Waals surface area (Å²) in [5.41, 5.74) is 2.22. The number of imide groups is 2. The van der Waals surface area contributed by atoms with Gasteiger partial charge in [-0.05, 0) is 24.3 Å². The number of benzene rings is 2. The molecule has 0 saturated carbocycles. The maximum absolute atomic E-state index is 13.3. The minimum Gasteiger partial charge on any atom is -0.306 e. The van der Waals surface area contributed by atoms with E-state index in [0.29, 0.717) is 35.4 Å². The lowest BCUT2D eigenvalue weighted by atomic mass is 10.2. The van der Waals surface area contributed by atoms with Crippen LogP contribution in [0.4, 0.5) is 11.4 Å². The Hall–Kier alpha value is -3.52. The van der Waals surface area contributed by atoms with Crippen LogP contribution in [0.1, 0.15) is 0 Å². The van der Waals surface area contributed by atoms with Crippen LogP contribution in [0.25, 0.3) is 0 Å². The van der Waals surface area contributed by atoms with E-state index >= 15 is 0 Å². The zero-order valence-corrected chi connectivity index (χ0v) is 25.4. The molecule has 4 saturated heterocycles. The maximum Gasteiger partial charge on any atom is 0.247 e. The quantitative estimate of drug-likeness (QED) is 0.291. The molecule has 2 aromatic rings. The molecular weight excluding hydrogens is 560 g/mol. The SMILES string of the molecule is O=C1CN(CCN2CC(=O)N(C[N+]3(c4ccccc4)CCNCC3)C(=O)C2)CC(=O)N1C[N+]1(c2ccccc2)CCNCC1. The van der Waals surface area contributed by atoms with Crippen LogP contribution < -0.4 is 19.6 Å². The fraction of sp³-hybridized carbons (Fsp3) is 0.500. The van der Waals surface area contributed by atoms with Crippen molar-refractivity contribution >= 4 is 35.0 Å². The summed E-state index contributed by atoms with van der Waals surface area (Å²) in [6.07, 6.45) is 0. The van der Waals surface area contributed by atoms with Crippen LogP contribution in [0.15, 0.2) is 60.7 Å². The molecule has 4 aliphatic heterocycles. The summed E-state index contributed by atoms with van der Waals surface area (Å²) in [4.78, 5) is 59.7. The van der Waals surface area contributed by atoms with E-state index in [-0.39, 0.29) is 49.8 Å². The van der Waals surface area contributed by atoms with Crippen LogP contribution >= 0.6 is 0 Å². The van der Waals surface area contributed by atoms with Crippen LogP contribution in [0.5, 0.6) is 0 Å². The van der Waals surface area contributed by atoms with Crippen LogP contribution in [-0.2, 0) is 19.2 Å². The number of quaternary nitrogens is 2. The van der Waals surface area contributed by atoms with Crippen molar-refractivity contribution in [1.82, 2.24) is 39.2 Å². The highest BCUT2D eigenvalue weighted by molar-refractivity contribution is 6.00. The Bertz CT molecular complexity index is 1210. The van der Waals surface area contributed by atoms with Gasteiger partial charge in [-0.15, -0.1) is 0 Å². The average Bonchev–Trinajstić information content (AvgIpc) is 3.05. The zero-order chi connectivity index (χ0) is 30.6. The molecule has 0 unspecified atom stereocenters. The molecule has 234 valence electrons. The summed E-state index contributed by atoms with van der Waals surface area (Å²) in [6, 6.07) is 20.3. The fourth-order valence-corrected chi connectivity index (χ4v) is 7.05. The largest absolute Gasteiger partial charge is 0.306 e. The third-order valence-electron chi connectivity index (χ3n) is 9.67. The Morgan fingerprint density at radius 3 is 1.14 bits per heavy atom. The molecule has 4 amide bonds. The summed E-state index contributed by atoms with van der Waals surface area (Å²) >= 11 is 0. The number of amides is 4. The summed E-state index contributed by atoms with van der Waals surface area (Å²) in [5, 5.41) is 6.78. The van der Waals surface area contributed by atoms with Crippen molar-refractivity contribution in [1.29, 1.82) is 0 Å². The number of nitrogens with zero attached hydrogens (tertiary/aromatic N) is 6. The molecule has 0 bridgehead atoms. The van der Waals surface area contributed by atoms with E-state index in [0.717, 1.165) is 63.7 Å². The van der Waals surface area contributed by atoms with Crippen molar-refractivity contribution in [2.45, 2.75) is 0 Å². The highest BCUT2D eigenvalue weighted by Gasteiger charge is 2.43. The lowest BCUT2D eigenvalue weighted by Crippen LogP contribution is -2.68. The lowest BCUT2D eigenvalue weighted by Gasteiger charge is -2.45. The van der Waals surface area contributed by atoms with Gasteiger partial charge in [0.1, 0.15) is 11.4 Å². The molecule has 0 aliphatic carbocycles. The second-order valence-electron chi connectivity index (χ2n) is 12.5. The standard InChI is InChI=1S/C32H44N8O4/c41-29-21-35(22-30(42)37(29)25-39(17-11-33-12-18-39)27-7-3-1-4-8-27)15-16-36-23-31(43)38(32(44)24-36)26-40(19-13-34-14-20-40)28-9-5-2-6-10-28/h1-10,33-34H,11-26H2/q+2. The number of hydrogen-bond donors (Lipinski definition) is 2. The van der Waals surface area contributed by atoms with E-state index in [9.17, 15) is 19.2 Å². The van der Waals surface area contributed by atoms with Gasteiger partial charge in [0, 0.05) is 39.3 Å². The Morgan fingerprint density at radius 2 is 0.818 bits per heavy atom. The predicted molar refractivity (Wildman–Crippen MR) is 168 cm³/mol. The minimum absolute atomic E-state index is 0.145. The van der Waals surface area contributed by atoms with Crippen molar-refractivity contribution < 1.29 is 19.2 Å². The first-order valence-electron chi connectivity index (χ1n) is 15.7. The van der Waals surface area contributed by atoms with Gasteiger partial charge in [-0.1, -0.05) is 36.4 Å². The first-order chi connectivity index (χ1) is 21.4. The zero-order valence-electron chi connectivity index (χ0n) is 25.4. The summed E-state index contributed by atoms with van der Waals surface area (Å²) < 4.78 is 1.14. The van der Waals surface area contributed by atoms with Gasteiger partial charge in [0.05, 0.1) is 52.4 Å². The van der Waals surface area contributed by atoms with Crippen molar-refractivity contribution in [3.05, 3.63) is 60.7 Å². The molecule has 4 heterocycles. The molecule has 4 fully saturated rings. The average molecular weight is 605 g/mol. The molecule has 2 N–H and O–H groups in total. The molecule has 0 radical (unpaired) electrons. The van der Waals surface area contributed by atoms with E-state index in [2.05, 4.69) is 34.9 Å². The molecular formula is C32H44N8O4+2. The summed E-state index contributed by atoms with van der Waals surface area (Å²) in [5.74, 6) is -0.792. The predicted octanol–water partition coefficient (Wildman–Crippen LogP) is -0.536. The highest BCUT2D eigenvalue weighted by atomic mass is 16.2. The normalized spacial score (nSPS) is 23.3. The van der Waals surface area contributed by atoms with Crippen LogP contribution in [0, 0.1) is 0 Å². The van der Waals surface area contributed by atoms with E-state index in [1.165, 1.54) is 9.80 Å². The van der Waals surface area contributed by atoms with Crippen LogP contribution in [0.3, 0.4) is 0 Å². The van der Waals surface area contributed by atoms with Crippen LogP contribution in [0.2, 0.25) is 0 Å². The number of carbonyl (C=O) groups is 4. The van der Waals surface area contributed by atoms with E-state index in [1.54, 1.807) is 0 Å². The van der Waals surface area contributed by atoms with Crippen molar-refractivity contribution in [3.63, 3.8) is 0 Å². The second-order valence-corrected chi connectivity index (χ2v) is 12.5. The minimum atomic E-state index is -0.198. The highest BCUT2D eigenvalue weighted by Crippen LogP contribution is 2.27. The fourth-order valence-electron chi connectivity index (χ4n) is 7.05. The molecule has 0 atom stereocenters. The Kier molecular flexibility index (Phi) is 9.17. The van der Waals surface area contributed by atoms with Gasteiger partial charge in [-0.2, -0.15) is 0 Å². The molecule has 12 nitrogen and oxygen atoms in total. The number of hydrogen-bond acceptors (Lipinski definition) is 8. The Morgan fingerprint density at radius 1 is 0.500 bits per heavy atom. The monoisotopic (exact) mass is 604 g/mol. The topological polar surface area (TPSA) is 105 Å². The van der Waals surface area contributed by atoms with Gasteiger partial charge < -0.3 is 10.6 Å². The molecule has 12 heteroatoms. The maximum atomic E-state index is 13.3. The molecule has 4 aliphatic rings. The molecule has 0 spiro atoms. The first kappa shape index (κ1) is 30.5. The number of piperazine rings is 4. The summed E-state index contributed by atoms with van der Waals surface area (Å²) in [6.45, 7) is 8.64. The molecule has 2 aromatic carbocycles. The molecule has 6 rings (SSSR count). The van der Waals surface area contributed by atoms with Gasteiger partial charge in [0.15, 0.2) is 13.3 Å². The van der Waals surface area contributed by atoms with Gasteiger partial charge >= 0.3 is 0 Å². The molecule has 0 aromatic heterocycles. The number of nitrogens with one attached hydrogen (secondary N) is 2. The number of carbonyl (C=O) groups excluding carboxylic acids is 4. The van der Waals surface area contributed by atoms with Gasteiger partial charge in [-0.3, -0.25) is 37.9 Å². The van der Waals surface area contributed by atoms with Crippen molar-refractivity contribution in [2.24, 2.45) is 0 Å². The lowest BCUT2D eigenvalue weighted by molar-refractivity contribution is -0.157. The van der Waals surface area contributed by atoms with E-state index < -0.39 is 0 Å². The van der Waals surface area contributed by atoms with Crippen molar-refractivity contribution in [2.75, 3.05) is 105 Å². The first-order valence-corrected chi connectivity index (χ1v) is 15.7. The van der Waals surface area contributed by atoms with E-state index in [4.69, 9.17) is 0 Å². The third kappa shape index (κ3) is 6.46. The third-order valence-corrected chi connectivity index (χ3v) is 9.67.